The molecular formula is C60H102N10O14S. The highest BCUT2D eigenvalue weighted by Gasteiger charge is 2.42. The number of hydrogen-bond donors (Lipinski definition) is 5. The lowest BCUT2D eigenvalue weighted by molar-refractivity contribution is -0.152. The van der Waals surface area contributed by atoms with Crippen molar-refractivity contribution < 1.29 is 66.2 Å². The molecule has 1 aromatic carbocycles. The van der Waals surface area contributed by atoms with Gasteiger partial charge in [-0.2, -0.15) is 0 Å². The molecule has 1 aromatic rings. The minimum absolute atomic E-state index is 0.0609. The molecule has 10 amide bonds. The van der Waals surface area contributed by atoms with Gasteiger partial charge in [0.1, 0.15) is 59.0 Å². The van der Waals surface area contributed by atoms with Gasteiger partial charge in [-0.1, -0.05) is 85.2 Å². The molecule has 1 fully saturated rings. The molecule has 0 aromatic heterocycles. The van der Waals surface area contributed by atoms with Gasteiger partial charge in [0.15, 0.2) is 0 Å². The predicted octanol–water partition coefficient (Wildman–Crippen LogP) is 1.66. The number of piperidine rings is 1. The summed E-state index contributed by atoms with van der Waals surface area (Å²) in [7, 11) is 5.32. The lowest BCUT2D eigenvalue weighted by Gasteiger charge is -2.37. The first kappa shape index (κ1) is 74.9. The van der Waals surface area contributed by atoms with Crippen molar-refractivity contribution in [2.45, 2.75) is 194 Å². The highest BCUT2D eigenvalue weighted by molar-refractivity contribution is 7.72. The SMILES string of the molecule is CCC(=O)N(C)[C@@H](C)C(=O)N(C)[C@@H](Cc1ccccc1)C(=O)N(C)[C@@H](CC(C)C)C(=O)N[C@H](C(=O)N(C)CC(=O)N(C)[C@@H](CC(C)C)C(=O)N[C@@H](COC(C)(C)C)C(=O)N(C)[C@H](C(=O)N[C@@H](C[SH](=O)=O)C(=O)N1CCCCC1)[C@@H](C)CC)[C@@H](C)O. The van der Waals surface area contributed by atoms with Crippen LogP contribution in [0.5, 0.6) is 0 Å². The van der Waals surface area contributed by atoms with Gasteiger partial charge < -0.3 is 60.1 Å². The summed E-state index contributed by atoms with van der Waals surface area (Å²) in [5.74, 6) is -8.16. The third kappa shape index (κ3) is 22.9. The molecule has 24 nitrogen and oxygen atoms in total. The first-order valence-electron chi connectivity index (χ1n) is 29.7. The number of benzene rings is 1. The molecule has 0 bridgehead atoms. The van der Waals surface area contributed by atoms with E-state index in [1.54, 1.807) is 72.7 Å². The molecule has 4 N–H and O–H groups in total. The quantitative estimate of drug-likeness (QED) is 0.0642. The minimum Gasteiger partial charge on any atom is -0.391 e. The van der Waals surface area contributed by atoms with Gasteiger partial charge in [0.25, 0.3) is 0 Å². The molecule has 0 spiro atoms. The van der Waals surface area contributed by atoms with Crippen molar-refractivity contribution >= 4 is 69.8 Å². The number of carbonyl (C=O) groups is 10. The standard InChI is InChI=1S/C60H102N10O14S/c1-19-39(7)51(54(76)62-44(36-85(82)83)57(79)70-29-25-22-26-30-70)69(18)56(78)43(35-84-60(10,11)12)61-52(74)45(31-37(3)4)66(15)49(73)34-64(13)59(81)50(41(9)71)63-53(75)46(32-38(5)6)67(16)58(80)47(33-42-27-23-21-24-28-42)68(17)55(77)40(8)65(14)48(72)20-2/h21,23-24,27-28,37-41,43-47,50-51,71,85H,19-20,22,25-26,29-36H2,1-18H3,(H,61,74)(H,62,76)(H,63,75)/t39-,40-,41+,43-,44-,45-,46-,47-,50-,51-/m0/s1. The van der Waals surface area contributed by atoms with Crippen LogP contribution in [0.25, 0.3) is 0 Å². The Hall–Kier alpha value is -6.21. The number of likely N-dealkylation sites (N-methyl/N-ethyl adjacent to an activating group) is 6. The van der Waals surface area contributed by atoms with E-state index in [1.807, 2.05) is 33.8 Å². The Kier molecular flexibility index (Phi) is 30.7. The average Bonchev–Trinajstić information content (AvgIpc) is 3.65. The van der Waals surface area contributed by atoms with E-state index in [0.29, 0.717) is 19.5 Å². The highest BCUT2D eigenvalue weighted by Crippen LogP contribution is 2.22. The lowest BCUT2D eigenvalue weighted by Crippen LogP contribution is -2.62. The first-order valence-corrected chi connectivity index (χ1v) is 31.1. The first-order chi connectivity index (χ1) is 39.5. The monoisotopic (exact) mass is 1220 g/mol. The second-order valence-corrected chi connectivity index (χ2v) is 25.6. The topological polar surface area (TPSA) is 293 Å². The van der Waals surface area contributed by atoms with Crippen LogP contribution in [0.15, 0.2) is 30.3 Å². The summed E-state index contributed by atoms with van der Waals surface area (Å²) in [4.78, 5) is 150. The molecule has 0 aliphatic carbocycles. The number of likely N-dealkylation sites (tertiary alicyclic amines) is 1. The van der Waals surface area contributed by atoms with Crippen LogP contribution < -0.4 is 16.0 Å². The van der Waals surface area contributed by atoms with E-state index in [4.69, 9.17) is 4.74 Å². The van der Waals surface area contributed by atoms with Gasteiger partial charge in [-0.3, -0.25) is 47.9 Å². The van der Waals surface area contributed by atoms with E-state index in [-0.39, 0.29) is 50.0 Å². The van der Waals surface area contributed by atoms with E-state index in [1.165, 1.54) is 68.8 Å². The maximum Gasteiger partial charge on any atom is 0.248 e. The predicted molar refractivity (Wildman–Crippen MR) is 324 cm³/mol. The van der Waals surface area contributed by atoms with Crippen molar-refractivity contribution in [2.75, 3.05) is 74.3 Å². The summed E-state index contributed by atoms with van der Waals surface area (Å²) in [6, 6.07) is -1.25. The summed E-state index contributed by atoms with van der Waals surface area (Å²) >= 11 is 0. The molecule has 1 aliphatic rings. The van der Waals surface area contributed by atoms with E-state index in [0.717, 1.165) is 39.5 Å². The normalized spacial score (nSPS) is 16.3. The molecule has 482 valence electrons. The summed E-state index contributed by atoms with van der Waals surface area (Å²) < 4.78 is 30.1. The number of amides is 10. The fourth-order valence-electron chi connectivity index (χ4n) is 10.0. The number of nitrogens with zero attached hydrogens (tertiary/aromatic N) is 7. The number of aliphatic hydroxyl groups excluding tert-OH is 1. The molecule has 1 aliphatic heterocycles. The molecular weight excluding hydrogens is 1120 g/mol. The van der Waals surface area contributed by atoms with Crippen molar-refractivity contribution in [3.63, 3.8) is 0 Å². The van der Waals surface area contributed by atoms with Gasteiger partial charge in [0, 0.05) is 68.2 Å². The minimum atomic E-state index is -3.10. The van der Waals surface area contributed by atoms with E-state index < -0.39 is 142 Å². The van der Waals surface area contributed by atoms with Crippen LogP contribution in [-0.2, 0) is 69.8 Å². The molecule has 10 atom stereocenters. The fourth-order valence-corrected chi connectivity index (χ4v) is 10.6. The second-order valence-electron chi connectivity index (χ2n) is 24.6. The van der Waals surface area contributed by atoms with Gasteiger partial charge in [-0.25, -0.2) is 8.42 Å². The molecule has 1 heterocycles. The Bertz CT molecular complexity index is 2490. The van der Waals surface area contributed by atoms with Crippen molar-refractivity contribution in [1.82, 2.24) is 50.2 Å². The molecule has 2 rings (SSSR count). The molecule has 25 heteroatoms. The summed E-state index contributed by atoms with van der Waals surface area (Å²) in [5, 5.41) is 19.1. The van der Waals surface area contributed by atoms with E-state index in [9.17, 15) is 61.5 Å². The largest absolute Gasteiger partial charge is 0.391 e. The Morgan fingerprint density at radius 1 is 0.624 bits per heavy atom. The zero-order valence-corrected chi connectivity index (χ0v) is 54.7. The Balaban J connectivity index is 2.47. The Morgan fingerprint density at radius 3 is 1.64 bits per heavy atom. The Morgan fingerprint density at radius 2 is 1.14 bits per heavy atom. The summed E-state index contributed by atoms with van der Waals surface area (Å²) in [6.45, 7) is 20.4. The van der Waals surface area contributed by atoms with Gasteiger partial charge in [0.05, 0.1) is 30.6 Å². The average molecular weight is 1220 g/mol. The fraction of sp³-hybridized carbons (Fsp3) is 0.733. The molecule has 1 saturated heterocycles. The summed E-state index contributed by atoms with van der Waals surface area (Å²) in [6.07, 6.45) is 1.63. The number of thiol groups is 1. The molecule has 0 radical (unpaired) electrons. The Labute approximate surface area is 506 Å². The zero-order valence-electron chi connectivity index (χ0n) is 53.8. The smallest absolute Gasteiger partial charge is 0.248 e. The van der Waals surface area contributed by atoms with Crippen molar-refractivity contribution in [1.29, 1.82) is 0 Å². The number of hydrogen-bond acceptors (Lipinski definition) is 14. The van der Waals surface area contributed by atoms with Gasteiger partial charge in [-0.05, 0) is 90.0 Å². The van der Waals surface area contributed by atoms with Crippen LogP contribution in [-0.4, -0.2) is 241 Å². The van der Waals surface area contributed by atoms with Crippen molar-refractivity contribution in [2.24, 2.45) is 17.8 Å². The van der Waals surface area contributed by atoms with E-state index >= 15 is 0 Å². The zero-order chi connectivity index (χ0) is 65.0. The van der Waals surface area contributed by atoms with Crippen LogP contribution in [0, 0.1) is 17.8 Å². The lowest BCUT2D eigenvalue weighted by atomic mass is 9.95. The highest BCUT2D eigenvalue weighted by atomic mass is 32.2. The maximum atomic E-state index is 14.7. The van der Waals surface area contributed by atoms with Crippen LogP contribution >= 0.6 is 0 Å². The van der Waals surface area contributed by atoms with Crippen LogP contribution in [0.2, 0.25) is 0 Å². The van der Waals surface area contributed by atoms with Gasteiger partial charge in [-0.15, -0.1) is 0 Å². The van der Waals surface area contributed by atoms with Crippen LogP contribution in [0.4, 0.5) is 0 Å². The maximum absolute atomic E-state index is 14.7. The molecule has 0 saturated carbocycles. The number of nitrogens with one attached hydrogen (secondary N) is 3. The third-order valence-electron chi connectivity index (χ3n) is 15.6. The van der Waals surface area contributed by atoms with Crippen LogP contribution in [0.1, 0.15) is 134 Å². The third-order valence-corrected chi connectivity index (χ3v) is 16.3. The number of aliphatic hydroxyl groups is 1. The van der Waals surface area contributed by atoms with Gasteiger partial charge in [0.2, 0.25) is 59.1 Å². The summed E-state index contributed by atoms with van der Waals surface area (Å²) in [5.41, 5.74) is -0.0991. The number of rotatable bonds is 32. The van der Waals surface area contributed by atoms with E-state index in [2.05, 4.69) is 16.0 Å². The number of carbonyl (C=O) groups excluding carboxylic acids is 10. The van der Waals surface area contributed by atoms with Gasteiger partial charge >= 0.3 is 0 Å². The number of ether oxygens (including phenoxy) is 1. The van der Waals surface area contributed by atoms with Crippen molar-refractivity contribution in [3.05, 3.63) is 35.9 Å². The second kappa shape index (κ2) is 34.8. The molecule has 85 heavy (non-hydrogen) atoms. The van der Waals surface area contributed by atoms with Crippen molar-refractivity contribution in [3.8, 4) is 0 Å². The van der Waals surface area contributed by atoms with Crippen LogP contribution in [0.3, 0.4) is 0 Å². The molecule has 0 unspecified atom stereocenters.